The predicted octanol–water partition coefficient (Wildman–Crippen LogP) is 3.36. The summed E-state index contributed by atoms with van der Waals surface area (Å²) in [6.07, 6.45) is 2.06. The highest BCUT2D eigenvalue weighted by Gasteiger charge is 2.34. The van der Waals surface area contributed by atoms with Gasteiger partial charge in [-0.1, -0.05) is 18.2 Å². The molecule has 2 saturated heterocycles. The van der Waals surface area contributed by atoms with Crippen LogP contribution in [-0.4, -0.2) is 43.7 Å². The smallest absolute Gasteiger partial charge is 0.321 e. The summed E-state index contributed by atoms with van der Waals surface area (Å²) in [5.41, 5.74) is 4.38. The van der Waals surface area contributed by atoms with Gasteiger partial charge in [0, 0.05) is 25.2 Å². The number of piperidine rings is 1. The van der Waals surface area contributed by atoms with Gasteiger partial charge in [-0.05, 0) is 72.3 Å². The number of rotatable bonds is 2. The van der Waals surface area contributed by atoms with E-state index in [9.17, 15) is 4.79 Å². The average Bonchev–Trinajstić information content (AvgIpc) is 3.36. The van der Waals surface area contributed by atoms with Gasteiger partial charge >= 0.3 is 6.03 Å². The number of hydrogen-bond acceptors (Lipinski definition) is 3. The van der Waals surface area contributed by atoms with Crippen LogP contribution < -0.4 is 15.4 Å². The minimum atomic E-state index is 0.0138. The molecular weight excluding hydrogens is 338 g/mol. The summed E-state index contributed by atoms with van der Waals surface area (Å²) in [6.45, 7) is 4.61. The van der Waals surface area contributed by atoms with E-state index in [4.69, 9.17) is 4.74 Å². The molecule has 3 aliphatic rings. The number of ether oxygens (including phenoxy) is 1. The van der Waals surface area contributed by atoms with Crippen molar-refractivity contribution in [3.63, 3.8) is 0 Å². The molecule has 0 unspecified atom stereocenters. The molecule has 2 aromatic carbocycles. The minimum absolute atomic E-state index is 0.0138. The second-order valence-electron chi connectivity index (χ2n) is 7.85. The number of benzene rings is 2. The first-order chi connectivity index (χ1) is 13.3. The highest BCUT2D eigenvalue weighted by molar-refractivity contribution is 5.90. The van der Waals surface area contributed by atoms with Gasteiger partial charge in [0.1, 0.15) is 5.75 Å². The molecule has 2 N–H and O–H groups in total. The minimum Gasteiger partial charge on any atom is -0.493 e. The van der Waals surface area contributed by atoms with Crippen molar-refractivity contribution in [1.82, 2.24) is 10.2 Å². The first-order valence-corrected chi connectivity index (χ1v) is 9.89. The fourth-order valence-electron chi connectivity index (χ4n) is 4.56. The molecule has 0 saturated carbocycles. The van der Waals surface area contributed by atoms with E-state index < -0.39 is 0 Å². The Balaban J connectivity index is 1.30. The summed E-state index contributed by atoms with van der Waals surface area (Å²) in [6, 6.07) is 14.4. The van der Waals surface area contributed by atoms with E-state index in [-0.39, 0.29) is 6.03 Å². The van der Waals surface area contributed by atoms with E-state index >= 15 is 0 Å². The van der Waals surface area contributed by atoms with Gasteiger partial charge < -0.3 is 20.3 Å². The number of carbonyl (C=O) groups is 1. The monoisotopic (exact) mass is 363 g/mol. The summed E-state index contributed by atoms with van der Waals surface area (Å²) in [7, 11) is 0. The molecule has 0 aliphatic carbocycles. The van der Waals surface area contributed by atoms with Crippen LogP contribution in [0.1, 0.15) is 12.0 Å². The number of urea groups is 1. The van der Waals surface area contributed by atoms with Gasteiger partial charge in [0.25, 0.3) is 0 Å². The van der Waals surface area contributed by atoms with Gasteiger partial charge in [0.15, 0.2) is 0 Å². The number of nitrogens with one attached hydrogen (secondary N) is 2. The van der Waals surface area contributed by atoms with Crippen LogP contribution in [0.2, 0.25) is 0 Å². The Kier molecular flexibility index (Phi) is 4.24. The van der Waals surface area contributed by atoms with Crippen LogP contribution in [0.4, 0.5) is 10.5 Å². The lowest BCUT2D eigenvalue weighted by Gasteiger charge is -2.34. The first kappa shape index (κ1) is 16.6. The van der Waals surface area contributed by atoms with E-state index in [2.05, 4.69) is 34.9 Å². The number of fused-ring (bicyclic) bond motifs is 2. The van der Waals surface area contributed by atoms with Gasteiger partial charge in [0.05, 0.1) is 6.61 Å². The lowest BCUT2D eigenvalue weighted by molar-refractivity contribution is 0.161. The van der Waals surface area contributed by atoms with Crippen molar-refractivity contribution < 1.29 is 9.53 Å². The highest BCUT2D eigenvalue weighted by atomic mass is 16.5. The maximum Gasteiger partial charge on any atom is 0.321 e. The van der Waals surface area contributed by atoms with E-state index in [1.807, 2.05) is 23.1 Å². The van der Waals surface area contributed by atoms with Gasteiger partial charge in [-0.15, -0.1) is 0 Å². The van der Waals surface area contributed by atoms with Crippen LogP contribution >= 0.6 is 0 Å². The van der Waals surface area contributed by atoms with Crippen LogP contribution in [0.3, 0.4) is 0 Å². The maximum absolute atomic E-state index is 12.7. The summed E-state index contributed by atoms with van der Waals surface area (Å²) >= 11 is 0. The van der Waals surface area contributed by atoms with Crippen LogP contribution in [0.5, 0.6) is 5.75 Å². The van der Waals surface area contributed by atoms with Crippen molar-refractivity contribution >= 4 is 11.7 Å². The zero-order valence-corrected chi connectivity index (χ0v) is 15.4. The second kappa shape index (κ2) is 6.89. The fraction of sp³-hybridized carbons (Fsp3) is 0.409. The molecule has 5 heteroatoms. The predicted molar refractivity (Wildman–Crippen MR) is 106 cm³/mol. The van der Waals surface area contributed by atoms with E-state index in [0.29, 0.717) is 5.92 Å². The molecule has 27 heavy (non-hydrogen) atoms. The number of nitrogens with zero attached hydrogens (tertiary/aromatic N) is 1. The Morgan fingerprint density at radius 3 is 2.96 bits per heavy atom. The third kappa shape index (κ3) is 3.28. The van der Waals surface area contributed by atoms with E-state index in [0.717, 1.165) is 74.1 Å². The van der Waals surface area contributed by atoms with Crippen molar-refractivity contribution in [2.75, 3.05) is 38.1 Å². The Hall–Kier alpha value is -2.53. The molecule has 0 spiro atoms. The van der Waals surface area contributed by atoms with Crippen molar-refractivity contribution in [3.8, 4) is 16.9 Å². The van der Waals surface area contributed by atoms with Gasteiger partial charge in [-0.25, -0.2) is 4.79 Å². The van der Waals surface area contributed by atoms with Crippen molar-refractivity contribution in [2.24, 2.45) is 11.8 Å². The highest BCUT2D eigenvalue weighted by Crippen LogP contribution is 2.32. The Morgan fingerprint density at radius 1 is 1.11 bits per heavy atom. The molecule has 3 aliphatic heterocycles. The number of carbonyl (C=O) groups excluding carboxylic acids is 1. The van der Waals surface area contributed by atoms with Crippen LogP contribution in [-0.2, 0) is 6.42 Å². The van der Waals surface area contributed by atoms with Gasteiger partial charge in [-0.2, -0.15) is 0 Å². The molecule has 2 amide bonds. The van der Waals surface area contributed by atoms with E-state index in [1.54, 1.807) is 0 Å². The zero-order valence-electron chi connectivity index (χ0n) is 15.4. The number of likely N-dealkylation sites (tertiary alicyclic amines) is 1. The lowest BCUT2D eigenvalue weighted by Crippen LogP contribution is -2.45. The van der Waals surface area contributed by atoms with Crippen molar-refractivity contribution in [1.29, 1.82) is 0 Å². The van der Waals surface area contributed by atoms with Gasteiger partial charge in [0.2, 0.25) is 0 Å². The molecule has 3 heterocycles. The average molecular weight is 363 g/mol. The quantitative estimate of drug-likeness (QED) is 0.860. The second-order valence-corrected chi connectivity index (χ2v) is 7.85. The van der Waals surface area contributed by atoms with Crippen LogP contribution in [0.15, 0.2) is 42.5 Å². The molecule has 140 valence electrons. The normalized spacial score (nSPS) is 23.5. The van der Waals surface area contributed by atoms with Crippen molar-refractivity contribution in [2.45, 2.75) is 12.8 Å². The Morgan fingerprint density at radius 2 is 2.00 bits per heavy atom. The standard InChI is InChI=1S/C22H25N3O2/c26-22(25-8-6-18-12-23-13-19(18)14-25)24-20-3-1-2-15(11-20)16-4-5-21-17(10-16)7-9-27-21/h1-5,10-11,18-19,23H,6-9,12-14H2,(H,24,26)/t18-,19-/m1/s1. The number of hydrogen-bond donors (Lipinski definition) is 2. The van der Waals surface area contributed by atoms with Gasteiger partial charge in [-0.3, -0.25) is 0 Å². The third-order valence-corrected chi connectivity index (χ3v) is 6.13. The summed E-state index contributed by atoms with van der Waals surface area (Å²) in [5, 5.41) is 6.55. The van der Waals surface area contributed by atoms with Crippen molar-refractivity contribution in [3.05, 3.63) is 48.0 Å². The molecular formula is C22H25N3O2. The summed E-state index contributed by atoms with van der Waals surface area (Å²) < 4.78 is 5.60. The summed E-state index contributed by atoms with van der Waals surface area (Å²) in [5.74, 6) is 2.33. The van der Waals surface area contributed by atoms with Crippen LogP contribution in [0, 0.1) is 11.8 Å². The molecule has 2 fully saturated rings. The molecule has 0 aromatic heterocycles. The number of amides is 2. The Bertz CT molecular complexity index is 866. The van der Waals surface area contributed by atoms with E-state index in [1.165, 1.54) is 5.56 Å². The third-order valence-electron chi connectivity index (χ3n) is 6.13. The largest absolute Gasteiger partial charge is 0.493 e. The first-order valence-electron chi connectivity index (χ1n) is 9.89. The SMILES string of the molecule is O=C(Nc1cccc(-c2ccc3c(c2)CCO3)c1)N1CC[C@@H]2CNC[C@@H]2C1. The maximum atomic E-state index is 12.7. The molecule has 5 nitrogen and oxygen atoms in total. The van der Waals surface area contributed by atoms with Crippen LogP contribution in [0.25, 0.3) is 11.1 Å². The molecule has 0 radical (unpaired) electrons. The fourth-order valence-corrected chi connectivity index (χ4v) is 4.56. The molecule has 5 rings (SSSR count). The topological polar surface area (TPSA) is 53.6 Å². The Labute approximate surface area is 159 Å². The number of anilines is 1. The molecule has 2 aromatic rings. The molecule has 0 bridgehead atoms. The molecule has 2 atom stereocenters. The lowest BCUT2D eigenvalue weighted by atomic mass is 9.89. The summed E-state index contributed by atoms with van der Waals surface area (Å²) in [4.78, 5) is 14.7. The zero-order chi connectivity index (χ0) is 18.2.